The van der Waals surface area contributed by atoms with Gasteiger partial charge in [-0.2, -0.15) is 0 Å². The molecule has 4 aliphatic rings. The van der Waals surface area contributed by atoms with Crippen LogP contribution in [-0.4, -0.2) is 56.5 Å². The van der Waals surface area contributed by atoms with Crippen LogP contribution in [-0.2, 0) is 17.6 Å². The van der Waals surface area contributed by atoms with Gasteiger partial charge in [-0.25, -0.2) is 0 Å². The first kappa shape index (κ1) is 21.2. The number of benzene rings is 2. The zero-order valence-electron chi connectivity index (χ0n) is 20.5. The monoisotopic (exact) mass is 443 g/mol. The molecule has 4 nitrogen and oxygen atoms in total. The molecule has 0 amide bonds. The Hall–Kier alpha value is -2.33. The average Bonchev–Trinajstić information content (AvgIpc) is 3.07. The van der Waals surface area contributed by atoms with Gasteiger partial charge in [-0.1, -0.05) is 36.2 Å². The summed E-state index contributed by atoms with van der Waals surface area (Å²) < 4.78 is 0. The molecule has 1 atom stereocenters. The van der Waals surface area contributed by atoms with E-state index in [-0.39, 0.29) is 0 Å². The summed E-state index contributed by atoms with van der Waals surface area (Å²) in [5.74, 6) is 0. The number of nitrogens with zero attached hydrogens (tertiary/aromatic N) is 3. The molecule has 0 bridgehead atoms. The molecule has 2 aromatic carbocycles. The van der Waals surface area contributed by atoms with Gasteiger partial charge in [-0.3, -0.25) is 0 Å². The largest absolute Gasteiger partial charge is 0.367 e. The average molecular weight is 444 g/mol. The van der Waals surface area contributed by atoms with E-state index in [1.165, 1.54) is 77.1 Å². The van der Waals surface area contributed by atoms with Crippen LogP contribution in [0, 0.1) is 19.3 Å². The Bertz CT molecular complexity index is 1080. The van der Waals surface area contributed by atoms with Crippen LogP contribution in [0.25, 0.3) is 11.1 Å². The summed E-state index contributed by atoms with van der Waals surface area (Å²) in [6, 6.07) is 9.41. The standard InChI is InChI=1S/C29H37N3O/c1-20-5-7-23(8-6-20)26-24(9-16-33)22(3)27-28-25(26)17-21(2)32(28)15-14-31(27)13-12-30-18-29(19-30)10-4-11-29/h5-8,16,21H,4,9-15,17-19H2,1-3H3. The van der Waals surface area contributed by atoms with E-state index < -0.39 is 0 Å². The summed E-state index contributed by atoms with van der Waals surface area (Å²) in [5, 5.41) is 0. The predicted octanol–water partition coefficient (Wildman–Crippen LogP) is 4.77. The first-order valence-electron chi connectivity index (χ1n) is 12.9. The van der Waals surface area contributed by atoms with Crippen molar-refractivity contribution in [2.75, 3.05) is 49.1 Å². The third-order valence-corrected chi connectivity index (χ3v) is 9.01. The third-order valence-electron chi connectivity index (χ3n) is 9.01. The van der Waals surface area contributed by atoms with Crippen molar-refractivity contribution in [1.29, 1.82) is 0 Å². The lowest BCUT2D eigenvalue weighted by Crippen LogP contribution is -2.61. The highest BCUT2D eigenvalue weighted by molar-refractivity contribution is 5.93. The molecule has 1 saturated carbocycles. The molecule has 2 fully saturated rings. The van der Waals surface area contributed by atoms with Crippen molar-refractivity contribution >= 4 is 17.7 Å². The van der Waals surface area contributed by atoms with Crippen molar-refractivity contribution in [3.05, 3.63) is 46.5 Å². The highest BCUT2D eigenvalue weighted by Crippen LogP contribution is 2.51. The van der Waals surface area contributed by atoms with Crippen LogP contribution >= 0.6 is 0 Å². The van der Waals surface area contributed by atoms with Crippen LogP contribution in [0.15, 0.2) is 24.3 Å². The fourth-order valence-electron chi connectivity index (χ4n) is 7.09. The number of likely N-dealkylation sites (tertiary alicyclic amines) is 1. The van der Waals surface area contributed by atoms with Gasteiger partial charge in [0.15, 0.2) is 0 Å². The lowest BCUT2D eigenvalue weighted by molar-refractivity contribution is -0.107. The number of aldehydes is 1. The summed E-state index contributed by atoms with van der Waals surface area (Å²) in [7, 11) is 0. The van der Waals surface area contributed by atoms with Crippen molar-refractivity contribution in [1.82, 2.24) is 4.90 Å². The second kappa shape index (κ2) is 7.87. The molecule has 33 heavy (non-hydrogen) atoms. The Morgan fingerprint density at radius 3 is 2.45 bits per heavy atom. The van der Waals surface area contributed by atoms with Gasteiger partial charge in [-0.05, 0) is 73.3 Å². The molecule has 1 spiro atoms. The zero-order valence-corrected chi connectivity index (χ0v) is 20.5. The minimum Gasteiger partial charge on any atom is -0.367 e. The summed E-state index contributed by atoms with van der Waals surface area (Å²) in [6.07, 6.45) is 6.99. The van der Waals surface area contributed by atoms with Crippen LogP contribution in [0.1, 0.15) is 48.4 Å². The van der Waals surface area contributed by atoms with Crippen molar-refractivity contribution in [2.45, 2.75) is 58.9 Å². The lowest BCUT2D eigenvalue weighted by atomic mass is 9.63. The van der Waals surface area contributed by atoms with Gasteiger partial charge in [0.05, 0.1) is 11.4 Å². The van der Waals surface area contributed by atoms with E-state index in [2.05, 4.69) is 59.7 Å². The minimum absolute atomic E-state index is 0.492. The fourth-order valence-corrected chi connectivity index (χ4v) is 7.09. The van der Waals surface area contributed by atoms with E-state index >= 15 is 0 Å². The normalized spacial score (nSPS) is 22.8. The Labute approximate surface area is 198 Å². The number of aryl methyl sites for hydroxylation is 1. The molecule has 4 heteroatoms. The van der Waals surface area contributed by atoms with Crippen molar-refractivity contribution in [2.24, 2.45) is 5.41 Å². The van der Waals surface area contributed by atoms with Gasteiger partial charge < -0.3 is 19.5 Å². The molecule has 1 saturated heterocycles. The molecule has 1 unspecified atom stereocenters. The molecule has 0 N–H and O–H groups in total. The zero-order chi connectivity index (χ0) is 22.7. The second-order valence-corrected chi connectivity index (χ2v) is 11.2. The van der Waals surface area contributed by atoms with Gasteiger partial charge in [0, 0.05) is 51.7 Å². The van der Waals surface area contributed by atoms with Crippen molar-refractivity contribution < 1.29 is 4.79 Å². The van der Waals surface area contributed by atoms with Crippen molar-refractivity contribution in [3.8, 4) is 11.1 Å². The molecule has 1 aliphatic carbocycles. The van der Waals surface area contributed by atoms with Gasteiger partial charge in [-0.15, -0.1) is 0 Å². The summed E-state index contributed by atoms with van der Waals surface area (Å²) in [4.78, 5) is 19.8. The summed E-state index contributed by atoms with van der Waals surface area (Å²) >= 11 is 0. The van der Waals surface area contributed by atoms with Gasteiger partial charge in [0.1, 0.15) is 6.29 Å². The van der Waals surface area contributed by atoms with Gasteiger partial charge in [0.2, 0.25) is 0 Å². The first-order chi connectivity index (χ1) is 16.0. The molecule has 2 aromatic rings. The molecule has 174 valence electrons. The maximum Gasteiger partial charge on any atom is 0.124 e. The van der Waals surface area contributed by atoms with Crippen LogP contribution < -0.4 is 9.80 Å². The van der Waals surface area contributed by atoms with Gasteiger partial charge in [0.25, 0.3) is 0 Å². The number of hydrogen-bond donors (Lipinski definition) is 0. The molecule has 3 aliphatic heterocycles. The number of carbonyl (C=O) groups is 1. The Morgan fingerprint density at radius 1 is 1.03 bits per heavy atom. The van der Waals surface area contributed by atoms with Crippen LogP contribution in [0.2, 0.25) is 0 Å². The Kier molecular flexibility index (Phi) is 5.06. The van der Waals surface area contributed by atoms with E-state index in [9.17, 15) is 4.79 Å². The molecular weight excluding hydrogens is 406 g/mol. The Morgan fingerprint density at radius 2 is 1.79 bits per heavy atom. The van der Waals surface area contributed by atoms with E-state index in [1.807, 2.05) is 0 Å². The minimum atomic E-state index is 0.492. The number of anilines is 2. The fraction of sp³-hybridized carbons (Fsp3) is 0.552. The van der Waals surface area contributed by atoms with E-state index in [4.69, 9.17) is 0 Å². The van der Waals surface area contributed by atoms with E-state index in [1.54, 1.807) is 0 Å². The summed E-state index contributed by atoms with van der Waals surface area (Å²) in [6.45, 7) is 13.8. The highest BCUT2D eigenvalue weighted by atomic mass is 16.1. The lowest BCUT2D eigenvalue weighted by Gasteiger charge is -2.56. The topological polar surface area (TPSA) is 26.8 Å². The van der Waals surface area contributed by atoms with Crippen LogP contribution in [0.3, 0.4) is 0 Å². The molecule has 0 radical (unpaired) electrons. The highest BCUT2D eigenvalue weighted by Gasteiger charge is 2.47. The second-order valence-electron chi connectivity index (χ2n) is 11.2. The molecular formula is C29H37N3O. The number of hydrogen-bond acceptors (Lipinski definition) is 4. The smallest absolute Gasteiger partial charge is 0.124 e. The van der Waals surface area contributed by atoms with Crippen LogP contribution in [0.5, 0.6) is 0 Å². The quantitative estimate of drug-likeness (QED) is 0.601. The van der Waals surface area contributed by atoms with Gasteiger partial charge >= 0.3 is 0 Å². The third kappa shape index (κ3) is 3.32. The predicted molar refractivity (Wildman–Crippen MR) is 137 cm³/mol. The molecule has 6 rings (SSSR count). The Balaban J connectivity index is 1.38. The SMILES string of the molecule is Cc1ccc(-c2c(CC=O)c(C)c3c4c2CC(C)N4CCN3CCN2CC3(CCC3)C2)cc1. The molecule has 0 aromatic heterocycles. The maximum atomic E-state index is 11.8. The number of carbonyl (C=O) groups excluding carboxylic acids is 1. The molecule has 3 heterocycles. The first-order valence-corrected chi connectivity index (χ1v) is 12.9. The van der Waals surface area contributed by atoms with E-state index in [0.29, 0.717) is 17.9 Å². The summed E-state index contributed by atoms with van der Waals surface area (Å²) in [5.41, 5.74) is 11.4. The van der Waals surface area contributed by atoms with E-state index in [0.717, 1.165) is 38.9 Å². The van der Waals surface area contributed by atoms with Crippen molar-refractivity contribution in [3.63, 3.8) is 0 Å². The number of rotatable bonds is 6. The van der Waals surface area contributed by atoms with Crippen LogP contribution in [0.4, 0.5) is 11.4 Å². The maximum absolute atomic E-state index is 11.8.